The van der Waals surface area contributed by atoms with Gasteiger partial charge in [0.1, 0.15) is 0 Å². The second-order valence-corrected chi connectivity index (χ2v) is 5.02. The topological polar surface area (TPSA) is 70.1 Å². The van der Waals surface area contributed by atoms with Crippen molar-refractivity contribution in [3.63, 3.8) is 0 Å². The van der Waals surface area contributed by atoms with Crippen LogP contribution in [0.4, 0.5) is 0 Å². The Balaban J connectivity index is 2.25. The molecule has 2 rings (SSSR count). The van der Waals surface area contributed by atoms with Gasteiger partial charge in [0, 0.05) is 11.8 Å². The van der Waals surface area contributed by atoms with Crippen LogP contribution in [0.5, 0.6) is 0 Å². The summed E-state index contributed by atoms with van der Waals surface area (Å²) in [5, 5.41) is 0. The third-order valence-corrected chi connectivity index (χ3v) is 2.94. The number of rotatable bonds is 3. The minimum absolute atomic E-state index is 0.477. The molecule has 0 saturated carbocycles. The highest BCUT2D eigenvalue weighted by atomic mass is 32.2. The fourth-order valence-electron chi connectivity index (χ4n) is 1.51. The molecule has 88 valence electrons. The van der Waals surface area contributed by atoms with Crippen molar-refractivity contribution in [2.24, 2.45) is 0 Å². The Morgan fingerprint density at radius 1 is 1.06 bits per heavy atom. The van der Waals surface area contributed by atoms with Crippen molar-refractivity contribution >= 4 is 10.1 Å². The van der Waals surface area contributed by atoms with E-state index < -0.39 is 15.9 Å². The Kier molecular flexibility index (Phi) is 3.21. The summed E-state index contributed by atoms with van der Waals surface area (Å²) >= 11 is 0. The summed E-state index contributed by atoms with van der Waals surface area (Å²) in [6, 6.07) is 12.3. The lowest BCUT2D eigenvalue weighted by Crippen LogP contribution is -2.01. The molecular formula is C12H10NO3S-. The molecule has 0 bridgehead atoms. The molecule has 1 heterocycles. The van der Waals surface area contributed by atoms with E-state index in [4.69, 9.17) is 0 Å². The van der Waals surface area contributed by atoms with Gasteiger partial charge >= 0.3 is 0 Å². The van der Waals surface area contributed by atoms with Crippen LogP contribution >= 0.6 is 0 Å². The predicted octanol–water partition coefficient (Wildman–Crippen LogP) is 1.79. The molecule has 0 spiro atoms. The van der Waals surface area contributed by atoms with Crippen molar-refractivity contribution in [1.29, 1.82) is 0 Å². The number of nitrogens with zero attached hydrogens (tertiary/aromatic N) is 1. The normalized spacial score (nSPS) is 11.4. The van der Waals surface area contributed by atoms with Crippen LogP contribution in [0.15, 0.2) is 48.7 Å². The van der Waals surface area contributed by atoms with Crippen LogP contribution in [0.3, 0.4) is 0 Å². The van der Waals surface area contributed by atoms with Crippen LogP contribution < -0.4 is 0 Å². The van der Waals surface area contributed by atoms with Gasteiger partial charge < -0.3 is 4.55 Å². The Morgan fingerprint density at radius 2 is 1.76 bits per heavy atom. The molecule has 0 unspecified atom stereocenters. The van der Waals surface area contributed by atoms with E-state index in [0.717, 1.165) is 11.3 Å². The lowest BCUT2D eigenvalue weighted by Gasteiger charge is -2.07. The number of hydrogen-bond acceptors (Lipinski definition) is 4. The van der Waals surface area contributed by atoms with Crippen molar-refractivity contribution in [3.8, 4) is 11.3 Å². The number of benzene rings is 1. The second-order valence-electron chi connectivity index (χ2n) is 3.61. The third-order valence-electron chi connectivity index (χ3n) is 2.26. The van der Waals surface area contributed by atoms with Gasteiger partial charge in [-0.15, -0.1) is 0 Å². The van der Waals surface area contributed by atoms with Crippen molar-refractivity contribution < 1.29 is 13.0 Å². The molecule has 1 aromatic carbocycles. The molecule has 0 amide bonds. The molecule has 0 fully saturated rings. The van der Waals surface area contributed by atoms with Gasteiger partial charge in [0.05, 0.1) is 21.6 Å². The molecule has 0 aliphatic heterocycles. The zero-order valence-corrected chi connectivity index (χ0v) is 9.72. The van der Waals surface area contributed by atoms with E-state index >= 15 is 0 Å². The van der Waals surface area contributed by atoms with Gasteiger partial charge in [0.15, 0.2) is 0 Å². The summed E-state index contributed by atoms with van der Waals surface area (Å²) in [6.45, 7) is 0. The molecule has 0 atom stereocenters. The fourth-order valence-corrected chi connectivity index (χ4v) is 2.11. The Bertz CT molecular complexity index is 591. The average molecular weight is 248 g/mol. The van der Waals surface area contributed by atoms with Crippen molar-refractivity contribution in [1.82, 2.24) is 4.98 Å². The van der Waals surface area contributed by atoms with Crippen molar-refractivity contribution in [3.05, 3.63) is 54.2 Å². The molecule has 0 saturated heterocycles. The summed E-state index contributed by atoms with van der Waals surface area (Å²) in [7, 11) is -4.22. The summed E-state index contributed by atoms with van der Waals surface area (Å²) in [6.07, 6.45) is 1.69. The zero-order chi connectivity index (χ0) is 12.3. The molecule has 0 aliphatic rings. The van der Waals surface area contributed by atoms with Gasteiger partial charge in [-0.1, -0.05) is 30.3 Å². The molecule has 5 heteroatoms. The van der Waals surface area contributed by atoms with Gasteiger partial charge in [-0.25, -0.2) is 8.42 Å². The minimum Gasteiger partial charge on any atom is -0.748 e. The monoisotopic (exact) mass is 248 g/mol. The molecule has 2 aromatic rings. The SMILES string of the molecule is O=S(=O)([O-])Cc1ccc(-c2ccccn2)cc1. The minimum atomic E-state index is -4.22. The maximum absolute atomic E-state index is 10.6. The lowest BCUT2D eigenvalue weighted by molar-refractivity contribution is 0.462. The standard InChI is InChI=1S/C12H11NO3S/c14-17(15,16)9-10-4-6-11(7-5-10)12-3-1-2-8-13-12/h1-8H,9H2,(H,14,15,16)/p-1. The second kappa shape index (κ2) is 4.65. The van der Waals surface area contributed by atoms with Gasteiger partial charge in [-0.3, -0.25) is 4.98 Å². The summed E-state index contributed by atoms with van der Waals surface area (Å²) in [4.78, 5) is 4.17. The average Bonchev–Trinajstić information content (AvgIpc) is 2.29. The van der Waals surface area contributed by atoms with E-state index in [0.29, 0.717) is 5.56 Å². The molecule has 0 radical (unpaired) electrons. The zero-order valence-electron chi connectivity index (χ0n) is 8.91. The van der Waals surface area contributed by atoms with Crippen molar-refractivity contribution in [2.45, 2.75) is 5.75 Å². The van der Waals surface area contributed by atoms with Crippen LogP contribution in [-0.2, 0) is 15.9 Å². The van der Waals surface area contributed by atoms with E-state index in [1.165, 1.54) is 0 Å². The predicted molar refractivity (Wildman–Crippen MR) is 63.1 cm³/mol. The Hall–Kier alpha value is -1.72. The van der Waals surface area contributed by atoms with Crippen LogP contribution in [-0.4, -0.2) is 18.0 Å². The van der Waals surface area contributed by atoms with Crippen LogP contribution in [0.1, 0.15) is 5.56 Å². The van der Waals surface area contributed by atoms with Gasteiger partial charge in [-0.05, 0) is 17.7 Å². The summed E-state index contributed by atoms with van der Waals surface area (Å²) in [5.74, 6) is -0.477. The molecule has 0 aliphatic carbocycles. The summed E-state index contributed by atoms with van der Waals surface area (Å²) < 4.78 is 31.8. The smallest absolute Gasteiger partial charge is 0.0988 e. The first-order chi connectivity index (χ1) is 8.04. The number of aromatic nitrogens is 1. The highest BCUT2D eigenvalue weighted by Gasteiger charge is 2.01. The largest absolute Gasteiger partial charge is 0.748 e. The number of pyridine rings is 1. The van der Waals surface area contributed by atoms with E-state index in [9.17, 15) is 13.0 Å². The Morgan fingerprint density at radius 3 is 2.29 bits per heavy atom. The maximum atomic E-state index is 10.6. The number of hydrogen-bond donors (Lipinski definition) is 0. The van der Waals surface area contributed by atoms with E-state index in [1.807, 2.05) is 18.2 Å². The van der Waals surface area contributed by atoms with E-state index in [-0.39, 0.29) is 0 Å². The summed E-state index contributed by atoms with van der Waals surface area (Å²) in [5.41, 5.74) is 2.18. The fraction of sp³-hybridized carbons (Fsp3) is 0.0833. The van der Waals surface area contributed by atoms with E-state index in [2.05, 4.69) is 4.98 Å². The molecule has 4 nitrogen and oxygen atoms in total. The highest BCUT2D eigenvalue weighted by Crippen LogP contribution is 2.17. The quantitative estimate of drug-likeness (QED) is 0.776. The third kappa shape index (κ3) is 3.37. The molecule has 1 aromatic heterocycles. The van der Waals surface area contributed by atoms with Crippen molar-refractivity contribution in [2.75, 3.05) is 0 Å². The van der Waals surface area contributed by atoms with Crippen LogP contribution in [0.25, 0.3) is 11.3 Å². The van der Waals surface area contributed by atoms with Crippen LogP contribution in [0, 0.1) is 0 Å². The van der Waals surface area contributed by atoms with Gasteiger partial charge in [-0.2, -0.15) is 0 Å². The highest BCUT2D eigenvalue weighted by molar-refractivity contribution is 7.84. The van der Waals surface area contributed by atoms with Gasteiger partial charge in [0.25, 0.3) is 0 Å². The maximum Gasteiger partial charge on any atom is 0.0988 e. The first kappa shape index (κ1) is 11.8. The van der Waals surface area contributed by atoms with Gasteiger partial charge in [0.2, 0.25) is 0 Å². The Labute approximate surface area is 99.7 Å². The first-order valence-electron chi connectivity index (χ1n) is 4.98. The van der Waals surface area contributed by atoms with E-state index in [1.54, 1.807) is 30.5 Å². The lowest BCUT2D eigenvalue weighted by atomic mass is 10.1. The van der Waals surface area contributed by atoms with Crippen LogP contribution in [0.2, 0.25) is 0 Å². The molecule has 17 heavy (non-hydrogen) atoms. The molecule has 0 N–H and O–H groups in total. The molecular weight excluding hydrogens is 238 g/mol. The first-order valence-corrected chi connectivity index (χ1v) is 6.56.